The van der Waals surface area contributed by atoms with Crippen LogP contribution in [0.4, 0.5) is 5.82 Å². The first-order valence-electron chi connectivity index (χ1n) is 5.85. The highest BCUT2D eigenvalue weighted by Gasteiger charge is 2.29. The van der Waals surface area contributed by atoms with Crippen LogP contribution in [-0.4, -0.2) is 22.6 Å². The zero-order valence-corrected chi connectivity index (χ0v) is 10.8. The van der Waals surface area contributed by atoms with Crippen molar-refractivity contribution in [1.29, 1.82) is 0 Å². The molecule has 0 amide bonds. The molecule has 0 aromatic carbocycles. The van der Waals surface area contributed by atoms with Gasteiger partial charge in [0.2, 0.25) is 0 Å². The number of rotatable bonds is 2. The maximum absolute atomic E-state index is 6.04. The van der Waals surface area contributed by atoms with Crippen LogP contribution in [0.15, 0.2) is 6.33 Å². The molecule has 1 aliphatic heterocycles. The second-order valence-electron chi connectivity index (χ2n) is 4.76. The molecule has 16 heavy (non-hydrogen) atoms. The van der Waals surface area contributed by atoms with Crippen molar-refractivity contribution in [3.8, 4) is 0 Å². The summed E-state index contributed by atoms with van der Waals surface area (Å²) in [6, 6.07) is 0.588. The van der Waals surface area contributed by atoms with Gasteiger partial charge < -0.3 is 4.90 Å². The predicted molar refractivity (Wildman–Crippen MR) is 67.0 cm³/mol. The first-order valence-corrected chi connectivity index (χ1v) is 6.22. The van der Waals surface area contributed by atoms with Crippen molar-refractivity contribution in [3.63, 3.8) is 0 Å². The van der Waals surface area contributed by atoms with E-state index < -0.39 is 0 Å². The van der Waals surface area contributed by atoms with E-state index in [1.54, 1.807) is 6.33 Å². The van der Waals surface area contributed by atoms with Gasteiger partial charge in [0.1, 0.15) is 17.3 Å². The van der Waals surface area contributed by atoms with Gasteiger partial charge in [-0.1, -0.05) is 25.4 Å². The summed E-state index contributed by atoms with van der Waals surface area (Å²) in [7, 11) is 0. The molecule has 3 nitrogen and oxygen atoms in total. The Balaban J connectivity index is 2.33. The zero-order valence-electron chi connectivity index (χ0n) is 10.1. The summed E-state index contributed by atoms with van der Waals surface area (Å²) in [5.74, 6) is 1.66. The fourth-order valence-electron chi connectivity index (χ4n) is 2.46. The normalized spacial score (nSPS) is 20.8. The number of hydrogen-bond donors (Lipinski definition) is 0. The number of aromatic nitrogens is 2. The minimum atomic E-state index is 0.569. The summed E-state index contributed by atoms with van der Waals surface area (Å²) >= 11 is 6.04. The molecule has 0 aliphatic carbocycles. The molecule has 2 heterocycles. The van der Waals surface area contributed by atoms with E-state index in [1.165, 1.54) is 12.8 Å². The average Bonchev–Trinajstić information content (AvgIpc) is 2.70. The van der Waals surface area contributed by atoms with Crippen LogP contribution in [0.1, 0.15) is 32.3 Å². The van der Waals surface area contributed by atoms with Gasteiger partial charge in [0.15, 0.2) is 0 Å². The lowest BCUT2D eigenvalue weighted by molar-refractivity contribution is 0.489. The van der Waals surface area contributed by atoms with Crippen molar-refractivity contribution < 1.29 is 0 Å². The van der Waals surface area contributed by atoms with Crippen LogP contribution in [0.5, 0.6) is 0 Å². The zero-order chi connectivity index (χ0) is 11.7. The fourth-order valence-corrected chi connectivity index (χ4v) is 2.59. The van der Waals surface area contributed by atoms with Gasteiger partial charge >= 0.3 is 0 Å². The first-order chi connectivity index (χ1) is 7.61. The summed E-state index contributed by atoms with van der Waals surface area (Å²) in [6.07, 6.45) is 4.04. The molecule has 4 heteroatoms. The number of hydrogen-bond acceptors (Lipinski definition) is 3. The average molecular weight is 240 g/mol. The Bertz CT molecular complexity index is 379. The van der Waals surface area contributed by atoms with Gasteiger partial charge in [-0.25, -0.2) is 9.97 Å². The second kappa shape index (κ2) is 4.58. The van der Waals surface area contributed by atoms with E-state index >= 15 is 0 Å². The highest BCUT2D eigenvalue weighted by atomic mass is 35.5. The summed E-state index contributed by atoms with van der Waals surface area (Å²) < 4.78 is 0. The lowest BCUT2D eigenvalue weighted by Gasteiger charge is -2.29. The van der Waals surface area contributed by atoms with E-state index in [9.17, 15) is 0 Å². The third kappa shape index (κ3) is 2.01. The molecule has 1 atom stereocenters. The van der Waals surface area contributed by atoms with Gasteiger partial charge in [0.25, 0.3) is 0 Å². The van der Waals surface area contributed by atoms with Crippen LogP contribution >= 0.6 is 11.6 Å². The standard InChI is InChI=1S/C12H18ClN3/c1-8(2)10-5-4-6-16(10)12-9(3)11(13)14-7-15-12/h7-8,10H,4-6H2,1-3H3. The molecule has 1 fully saturated rings. The topological polar surface area (TPSA) is 29.0 Å². The summed E-state index contributed by atoms with van der Waals surface area (Å²) in [4.78, 5) is 10.8. The second-order valence-corrected chi connectivity index (χ2v) is 5.12. The largest absolute Gasteiger partial charge is 0.353 e. The Morgan fingerprint density at radius 1 is 1.44 bits per heavy atom. The van der Waals surface area contributed by atoms with Crippen molar-refractivity contribution in [2.75, 3.05) is 11.4 Å². The third-order valence-corrected chi connectivity index (χ3v) is 3.72. The van der Waals surface area contributed by atoms with Gasteiger partial charge in [0, 0.05) is 18.2 Å². The van der Waals surface area contributed by atoms with E-state index in [4.69, 9.17) is 11.6 Å². The highest BCUT2D eigenvalue weighted by Crippen LogP contribution is 2.31. The lowest BCUT2D eigenvalue weighted by atomic mass is 10.0. The molecule has 1 aromatic heterocycles. The Labute approximate surface area is 102 Å². The molecule has 1 unspecified atom stereocenters. The Morgan fingerprint density at radius 3 is 2.88 bits per heavy atom. The molecule has 0 spiro atoms. The molecule has 1 aliphatic rings. The van der Waals surface area contributed by atoms with Crippen molar-refractivity contribution >= 4 is 17.4 Å². The molecule has 1 aromatic rings. The molecule has 0 radical (unpaired) electrons. The van der Waals surface area contributed by atoms with E-state index in [1.807, 2.05) is 6.92 Å². The van der Waals surface area contributed by atoms with E-state index in [0.717, 1.165) is 17.9 Å². The minimum Gasteiger partial charge on any atom is -0.353 e. The summed E-state index contributed by atoms with van der Waals surface area (Å²) in [5.41, 5.74) is 0.997. The minimum absolute atomic E-state index is 0.569. The third-order valence-electron chi connectivity index (χ3n) is 3.34. The van der Waals surface area contributed by atoms with Crippen molar-refractivity contribution in [3.05, 3.63) is 17.0 Å². The van der Waals surface area contributed by atoms with Crippen molar-refractivity contribution in [1.82, 2.24) is 9.97 Å². The predicted octanol–water partition coefficient (Wildman–Crippen LogP) is 3.06. The summed E-state index contributed by atoms with van der Waals surface area (Å²) in [6.45, 7) is 7.60. The van der Waals surface area contributed by atoms with Crippen LogP contribution < -0.4 is 4.90 Å². The summed E-state index contributed by atoms with van der Waals surface area (Å²) in [5, 5.41) is 0.569. The quantitative estimate of drug-likeness (QED) is 0.743. The maximum atomic E-state index is 6.04. The van der Waals surface area contributed by atoms with Crippen LogP contribution in [0, 0.1) is 12.8 Å². The highest BCUT2D eigenvalue weighted by molar-refractivity contribution is 6.30. The van der Waals surface area contributed by atoms with Gasteiger partial charge in [0.05, 0.1) is 0 Å². The Hall–Kier alpha value is -0.830. The SMILES string of the molecule is Cc1c(Cl)ncnc1N1CCCC1C(C)C. The van der Waals surface area contributed by atoms with E-state index in [-0.39, 0.29) is 0 Å². The lowest BCUT2D eigenvalue weighted by Crippen LogP contribution is -2.34. The van der Waals surface area contributed by atoms with Gasteiger partial charge in [-0.2, -0.15) is 0 Å². The fraction of sp³-hybridized carbons (Fsp3) is 0.667. The molecule has 1 saturated heterocycles. The maximum Gasteiger partial charge on any atom is 0.137 e. The van der Waals surface area contributed by atoms with Crippen LogP contribution in [-0.2, 0) is 0 Å². The van der Waals surface area contributed by atoms with E-state index in [0.29, 0.717) is 17.1 Å². The number of nitrogens with zero attached hydrogens (tertiary/aromatic N) is 3. The Kier molecular flexibility index (Phi) is 3.33. The van der Waals surface area contributed by atoms with Crippen LogP contribution in [0.2, 0.25) is 5.15 Å². The molecule has 0 saturated carbocycles. The molecular formula is C12H18ClN3. The van der Waals surface area contributed by atoms with Gasteiger partial charge in [-0.15, -0.1) is 0 Å². The first kappa shape index (κ1) is 11.6. The van der Waals surface area contributed by atoms with Gasteiger partial charge in [-0.05, 0) is 25.7 Å². The smallest absolute Gasteiger partial charge is 0.137 e. The van der Waals surface area contributed by atoms with Gasteiger partial charge in [-0.3, -0.25) is 0 Å². The molecule has 2 rings (SSSR count). The molecule has 88 valence electrons. The molecule has 0 bridgehead atoms. The van der Waals surface area contributed by atoms with Crippen LogP contribution in [0.25, 0.3) is 0 Å². The van der Waals surface area contributed by atoms with Crippen molar-refractivity contribution in [2.24, 2.45) is 5.92 Å². The van der Waals surface area contributed by atoms with Crippen LogP contribution in [0.3, 0.4) is 0 Å². The number of halogens is 1. The molecule has 0 N–H and O–H groups in total. The monoisotopic (exact) mass is 239 g/mol. The Morgan fingerprint density at radius 2 is 2.19 bits per heavy atom. The number of anilines is 1. The van der Waals surface area contributed by atoms with Crippen molar-refractivity contribution in [2.45, 2.75) is 39.7 Å². The van der Waals surface area contributed by atoms with E-state index in [2.05, 4.69) is 28.7 Å². The molecular weight excluding hydrogens is 222 g/mol.